The summed E-state index contributed by atoms with van der Waals surface area (Å²) >= 11 is 0. The van der Waals surface area contributed by atoms with Gasteiger partial charge in [-0.1, -0.05) is 18.2 Å². The number of benzene rings is 2. The molecule has 0 radical (unpaired) electrons. The molecule has 28 heavy (non-hydrogen) atoms. The van der Waals surface area contributed by atoms with Crippen LogP contribution in [0.5, 0.6) is 5.75 Å². The lowest BCUT2D eigenvalue weighted by Crippen LogP contribution is -2.43. The Hall–Kier alpha value is -2.79. The molecule has 1 aliphatic rings. The van der Waals surface area contributed by atoms with E-state index in [1.807, 2.05) is 29.2 Å². The van der Waals surface area contributed by atoms with Gasteiger partial charge in [0, 0.05) is 55.0 Å². The van der Waals surface area contributed by atoms with E-state index in [2.05, 4.69) is 58.2 Å². The van der Waals surface area contributed by atoms with Gasteiger partial charge in [-0.3, -0.25) is 4.90 Å². The summed E-state index contributed by atoms with van der Waals surface area (Å²) in [5.41, 5.74) is 3.70. The number of methoxy groups -OCH3 is 1. The lowest BCUT2D eigenvalue weighted by molar-refractivity contribution is 0.198. The van der Waals surface area contributed by atoms with E-state index in [1.165, 1.54) is 24.1 Å². The molecule has 0 spiro atoms. The Balaban J connectivity index is 1.34. The van der Waals surface area contributed by atoms with Crippen LogP contribution in [-0.4, -0.2) is 47.7 Å². The minimum absolute atomic E-state index is 0.603. The van der Waals surface area contributed by atoms with Crippen LogP contribution in [0.2, 0.25) is 0 Å². The summed E-state index contributed by atoms with van der Waals surface area (Å²) < 4.78 is 7.53. The molecular weight excluding hydrogens is 348 g/mol. The smallest absolute Gasteiger partial charge is 0.123 e. The standard InChI is InChI=1S/C23H28N4O/c1-25(17-19-5-3-4-6-23(19)28-2)20-11-14-26(15-12-20)21-7-9-22(10-8-21)27-16-13-24-18-27/h3-10,13,16,18,20H,11-12,14-15,17H2,1-2H3. The molecule has 0 amide bonds. The van der Waals surface area contributed by atoms with Gasteiger partial charge in [-0.05, 0) is 50.2 Å². The highest BCUT2D eigenvalue weighted by molar-refractivity contribution is 5.51. The van der Waals surface area contributed by atoms with Crippen LogP contribution in [0.25, 0.3) is 5.69 Å². The minimum Gasteiger partial charge on any atom is -0.496 e. The predicted octanol–water partition coefficient (Wildman–Crippen LogP) is 3.98. The van der Waals surface area contributed by atoms with Gasteiger partial charge in [0.15, 0.2) is 0 Å². The van der Waals surface area contributed by atoms with E-state index in [-0.39, 0.29) is 0 Å². The van der Waals surface area contributed by atoms with Crippen LogP contribution in [0.3, 0.4) is 0 Å². The van der Waals surface area contributed by atoms with Gasteiger partial charge in [-0.15, -0.1) is 0 Å². The number of rotatable bonds is 6. The van der Waals surface area contributed by atoms with E-state index in [0.29, 0.717) is 6.04 Å². The van der Waals surface area contributed by atoms with Crippen molar-refractivity contribution in [2.75, 3.05) is 32.1 Å². The van der Waals surface area contributed by atoms with Crippen LogP contribution in [0.1, 0.15) is 18.4 Å². The Morgan fingerprint density at radius 3 is 2.43 bits per heavy atom. The lowest BCUT2D eigenvalue weighted by atomic mass is 10.0. The Kier molecular flexibility index (Phi) is 5.63. The molecule has 1 aliphatic heterocycles. The quantitative estimate of drug-likeness (QED) is 0.652. The zero-order chi connectivity index (χ0) is 19.3. The first kappa shape index (κ1) is 18.6. The minimum atomic E-state index is 0.603. The second kappa shape index (κ2) is 8.48. The molecule has 3 aromatic rings. The van der Waals surface area contributed by atoms with E-state index < -0.39 is 0 Å². The predicted molar refractivity (Wildman–Crippen MR) is 113 cm³/mol. The molecule has 1 fully saturated rings. The number of piperidine rings is 1. The number of aromatic nitrogens is 2. The van der Waals surface area contributed by atoms with E-state index in [1.54, 1.807) is 13.3 Å². The monoisotopic (exact) mass is 376 g/mol. The van der Waals surface area contributed by atoms with E-state index in [9.17, 15) is 0 Å². The topological polar surface area (TPSA) is 33.5 Å². The van der Waals surface area contributed by atoms with Gasteiger partial charge in [0.2, 0.25) is 0 Å². The molecule has 2 aromatic carbocycles. The summed E-state index contributed by atoms with van der Waals surface area (Å²) in [6.07, 6.45) is 7.96. The zero-order valence-electron chi connectivity index (χ0n) is 16.7. The Morgan fingerprint density at radius 1 is 1.04 bits per heavy atom. The van der Waals surface area contributed by atoms with Gasteiger partial charge < -0.3 is 14.2 Å². The number of hydrogen-bond donors (Lipinski definition) is 0. The van der Waals surface area contributed by atoms with Crippen LogP contribution < -0.4 is 9.64 Å². The number of para-hydroxylation sites is 1. The van der Waals surface area contributed by atoms with E-state index >= 15 is 0 Å². The zero-order valence-corrected chi connectivity index (χ0v) is 16.7. The average molecular weight is 377 g/mol. The number of anilines is 1. The Labute approximate surface area is 167 Å². The fourth-order valence-corrected chi connectivity index (χ4v) is 4.04. The maximum absolute atomic E-state index is 5.50. The first-order valence-electron chi connectivity index (χ1n) is 9.90. The highest BCUT2D eigenvalue weighted by atomic mass is 16.5. The summed E-state index contributed by atoms with van der Waals surface area (Å²) in [6.45, 7) is 3.10. The van der Waals surface area contributed by atoms with Gasteiger partial charge in [-0.2, -0.15) is 0 Å². The van der Waals surface area contributed by atoms with Crippen molar-refractivity contribution >= 4 is 5.69 Å². The molecular formula is C23H28N4O. The molecule has 1 saturated heterocycles. The van der Waals surface area contributed by atoms with Crippen molar-refractivity contribution in [3.05, 3.63) is 72.8 Å². The molecule has 0 bridgehead atoms. The largest absolute Gasteiger partial charge is 0.496 e. The van der Waals surface area contributed by atoms with Gasteiger partial charge in [-0.25, -0.2) is 4.98 Å². The van der Waals surface area contributed by atoms with Gasteiger partial charge in [0.1, 0.15) is 5.75 Å². The summed E-state index contributed by atoms with van der Waals surface area (Å²) in [5.74, 6) is 0.977. The van der Waals surface area contributed by atoms with Crippen molar-refractivity contribution in [3.63, 3.8) is 0 Å². The van der Waals surface area contributed by atoms with Crippen molar-refractivity contribution in [2.24, 2.45) is 0 Å². The maximum Gasteiger partial charge on any atom is 0.123 e. The summed E-state index contributed by atoms with van der Waals surface area (Å²) in [6, 6.07) is 17.7. The molecule has 0 saturated carbocycles. The van der Waals surface area contributed by atoms with Crippen LogP contribution in [0.15, 0.2) is 67.3 Å². The molecule has 0 aliphatic carbocycles. The lowest BCUT2D eigenvalue weighted by Gasteiger charge is -2.38. The molecule has 1 aromatic heterocycles. The first-order valence-corrected chi connectivity index (χ1v) is 9.90. The maximum atomic E-state index is 5.50. The third-order valence-corrected chi connectivity index (χ3v) is 5.72. The highest BCUT2D eigenvalue weighted by Gasteiger charge is 2.23. The van der Waals surface area contributed by atoms with Crippen molar-refractivity contribution in [2.45, 2.75) is 25.4 Å². The third kappa shape index (κ3) is 4.04. The fourth-order valence-electron chi connectivity index (χ4n) is 4.04. The average Bonchev–Trinajstić information content (AvgIpc) is 3.29. The van der Waals surface area contributed by atoms with E-state index in [0.717, 1.165) is 31.1 Å². The van der Waals surface area contributed by atoms with Gasteiger partial charge in [0.25, 0.3) is 0 Å². The molecule has 146 valence electrons. The van der Waals surface area contributed by atoms with Crippen molar-refractivity contribution < 1.29 is 4.74 Å². The first-order chi connectivity index (χ1) is 13.7. The van der Waals surface area contributed by atoms with Gasteiger partial charge >= 0.3 is 0 Å². The molecule has 5 nitrogen and oxygen atoms in total. The summed E-state index contributed by atoms with van der Waals surface area (Å²) in [7, 11) is 3.97. The molecule has 0 N–H and O–H groups in total. The molecule has 2 heterocycles. The van der Waals surface area contributed by atoms with E-state index in [4.69, 9.17) is 4.74 Å². The Bertz CT molecular complexity index is 868. The molecule has 0 unspecified atom stereocenters. The molecule has 5 heteroatoms. The second-order valence-corrected chi connectivity index (χ2v) is 7.43. The number of nitrogens with zero attached hydrogens (tertiary/aromatic N) is 4. The molecule has 4 rings (SSSR count). The van der Waals surface area contributed by atoms with Crippen molar-refractivity contribution in [1.82, 2.24) is 14.5 Å². The number of ether oxygens (including phenoxy) is 1. The normalized spacial score (nSPS) is 15.2. The highest BCUT2D eigenvalue weighted by Crippen LogP contribution is 2.26. The van der Waals surface area contributed by atoms with Gasteiger partial charge in [0.05, 0.1) is 13.4 Å². The van der Waals surface area contributed by atoms with Crippen LogP contribution >= 0.6 is 0 Å². The van der Waals surface area contributed by atoms with Crippen LogP contribution in [0.4, 0.5) is 5.69 Å². The van der Waals surface area contributed by atoms with Crippen molar-refractivity contribution in [3.8, 4) is 11.4 Å². The van der Waals surface area contributed by atoms with Crippen molar-refractivity contribution in [1.29, 1.82) is 0 Å². The molecule has 0 atom stereocenters. The number of hydrogen-bond acceptors (Lipinski definition) is 4. The van der Waals surface area contributed by atoms with Crippen LogP contribution in [0, 0.1) is 0 Å². The summed E-state index contributed by atoms with van der Waals surface area (Å²) in [5, 5.41) is 0. The Morgan fingerprint density at radius 2 is 1.75 bits per heavy atom. The van der Waals surface area contributed by atoms with Crippen LogP contribution in [-0.2, 0) is 6.54 Å². The number of imidazole rings is 1. The SMILES string of the molecule is COc1ccccc1CN(C)C1CCN(c2ccc(-n3ccnc3)cc2)CC1. The summed E-state index contributed by atoms with van der Waals surface area (Å²) in [4.78, 5) is 9.08. The second-order valence-electron chi connectivity index (χ2n) is 7.43. The third-order valence-electron chi connectivity index (χ3n) is 5.72. The fraction of sp³-hybridized carbons (Fsp3) is 0.348.